The maximum Gasteiger partial charge on any atom is 0.264 e. The van der Waals surface area contributed by atoms with Crippen LogP contribution in [0.25, 0.3) is 0 Å². The molecule has 0 spiro atoms. The average Bonchev–Trinajstić information content (AvgIpc) is 2.29. The Balaban J connectivity index is 2.34. The van der Waals surface area contributed by atoms with Gasteiger partial charge >= 0.3 is 0 Å². The highest BCUT2D eigenvalue weighted by molar-refractivity contribution is 7.89. The second-order valence-electron chi connectivity index (χ2n) is 3.92. The zero-order valence-electron chi connectivity index (χ0n) is 9.30. The van der Waals surface area contributed by atoms with Gasteiger partial charge in [-0.05, 0) is 12.1 Å². The predicted octanol–water partition coefficient (Wildman–Crippen LogP) is 1.55. The first-order valence-electron chi connectivity index (χ1n) is 5.29. The zero-order valence-corrected chi connectivity index (χ0v) is 10.1. The van der Waals surface area contributed by atoms with E-state index >= 15 is 0 Å². The maximum atomic E-state index is 12.3. The van der Waals surface area contributed by atoms with Crippen LogP contribution in [-0.2, 0) is 14.8 Å². The van der Waals surface area contributed by atoms with Gasteiger partial charge in [-0.1, -0.05) is 24.8 Å². The largest absolute Gasteiger partial charge is 0.299 e. The quantitative estimate of drug-likeness (QED) is 0.801. The Morgan fingerprint density at radius 2 is 1.82 bits per heavy atom. The summed E-state index contributed by atoms with van der Waals surface area (Å²) in [7, 11) is -3.55. The molecule has 1 aromatic carbocycles. The Bertz CT molecular complexity index is 548. The van der Waals surface area contributed by atoms with E-state index < -0.39 is 10.0 Å². The van der Waals surface area contributed by atoms with Gasteiger partial charge in [0.2, 0.25) is 0 Å². The van der Waals surface area contributed by atoms with E-state index in [4.69, 9.17) is 0 Å². The molecule has 0 N–H and O–H groups in total. The lowest BCUT2D eigenvalue weighted by atomic mass is 10.1. The second kappa shape index (κ2) is 4.33. The van der Waals surface area contributed by atoms with Crippen molar-refractivity contribution in [3.8, 4) is 0 Å². The van der Waals surface area contributed by atoms with Crippen LogP contribution in [0, 0.1) is 0 Å². The maximum absolute atomic E-state index is 12.3. The molecule has 1 fully saturated rings. The van der Waals surface area contributed by atoms with Crippen LogP contribution in [0.5, 0.6) is 0 Å². The molecular weight excluding hydrogens is 238 g/mol. The molecule has 0 bridgehead atoms. The van der Waals surface area contributed by atoms with E-state index in [9.17, 15) is 13.2 Å². The Morgan fingerprint density at radius 1 is 1.18 bits per heavy atom. The molecule has 90 valence electrons. The summed E-state index contributed by atoms with van der Waals surface area (Å²) in [6.45, 7) is 3.85. The first-order valence-corrected chi connectivity index (χ1v) is 6.73. The molecule has 17 heavy (non-hydrogen) atoms. The summed E-state index contributed by atoms with van der Waals surface area (Å²) in [5.41, 5.74) is 0.352. The van der Waals surface area contributed by atoms with E-state index in [1.165, 1.54) is 4.31 Å². The minimum atomic E-state index is -3.55. The molecule has 1 aliphatic heterocycles. The first-order chi connectivity index (χ1) is 8.01. The normalized spacial score (nSPS) is 17.3. The molecule has 1 saturated heterocycles. The van der Waals surface area contributed by atoms with Gasteiger partial charge in [-0.15, -0.1) is 0 Å². The van der Waals surface area contributed by atoms with Gasteiger partial charge in [-0.25, -0.2) is 8.42 Å². The molecule has 1 aliphatic rings. The molecule has 2 rings (SSSR count). The molecule has 0 saturated carbocycles. The van der Waals surface area contributed by atoms with Gasteiger partial charge in [0.1, 0.15) is 5.78 Å². The van der Waals surface area contributed by atoms with Crippen LogP contribution in [0.2, 0.25) is 0 Å². The third-order valence-electron chi connectivity index (χ3n) is 2.68. The minimum absolute atomic E-state index is 0.0366. The van der Waals surface area contributed by atoms with Gasteiger partial charge in [0.15, 0.2) is 0 Å². The van der Waals surface area contributed by atoms with Gasteiger partial charge in [0.25, 0.3) is 10.0 Å². The van der Waals surface area contributed by atoms with Gasteiger partial charge in [-0.3, -0.25) is 9.10 Å². The van der Waals surface area contributed by atoms with Crippen molar-refractivity contribution in [1.29, 1.82) is 0 Å². The van der Waals surface area contributed by atoms with Crippen molar-refractivity contribution in [3.05, 3.63) is 42.6 Å². The molecule has 0 aliphatic carbocycles. The Labute approximate surface area is 101 Å². The fraction of sp³-hybridized carbons (Fsp3) is 0.250. The number of Topliss-reactive ketones (excluding diaryl/α,β-unsaturated/α-hetero) is 1. The highest BCUT2D eigenvalue weighted by atomic mass is 32.2. The number of benzene rings is 1. The van der Waals surface area contributed by atoms with E-state index in [2.05, 4.69) is 6.58 Å². The lowest BCUT2D eigenvalue weighted by Crippen LogP contribution is -2.36. The summed E-state index contributed by atoms with van der Waals surface area (Å²) in [4.78, 5) is 11.4. The number of nitrogens with zero attached hydrogens (tertiary/aromatic N) is 1. The summed E-state index contributed by atoms with van der Waals surface area (Å²) < 4.78 is 25.7. The van der Waals surface area contributed by atoms with Crippen molar-refractivity contribution in [1.82, 2.24) is 4.31 Å². The molecule has 5 heteroatoms. The number of carbonyl (C=O) groups is 1. The predicted molar refractivity (Wildman–Crippen MR) is 63.7 cm³/mol. The van der Waals surface area contributed by atoms with Crippen LogP contribution >= 0.6 is 0 Å². The molecule has 0 amide bonds. The lowest BCUT2D eigenvalue weighted by molar-refractivity contribution is -0.119. The van der Waals surface area contributed by atoms with Crippen molar-refractivity contribution in [3.63, 3.8) is 0 Å². The number of sulfonamides is 1. The van der Waals surface area contributed by atoms with Crippen molar-refractivity contribution < 1.29 is 13.2 Å². The third kappa shape index (κ3) is 2.24. The van der Waals surface area contributed by atoms with Crippen LogP contribution < -0.4 is 0 Å². The molecule has 4 nitrogen and oxygen atoms in total. The topological polar surface area (TPSA) is 54.5 Å². The first kappa shape index (κ1) is 11.9. The summed E-state index contributed by atoms with van der Waals surface area (Å²) in [5.74, 6) is 0.0366. The van der Waals surface area contributed by atoms with Gasteiger partial charge in [-0.2, -0.15) is 0 Å². The number of piperidine rings is 1. The van der Waals surface area contributed by atoms with Crippen LogP contribution in [-0.4, -0.2) is 25.1 Å². The van der Waals surface area contributed by atoms with E-state index in [1.807, 2.05) is 0 Å². The van der Waals surface area contributed by atoms with E-state index in [1.54, 1.807) is 30.3 Å². The summed E-state index contributed by atoms with van der Waals surface area (Å²) in [6, 6.07) is 8.18. The van der Waals surface area contributed by atoms with Gasteiger partial charge in [0.05, 0.1) is 4.90 Å². The molecule has 0 aromatic heterocycles. The SMILES string of the molecule is C=C1CC(=O)CCN1S(=O)(=O)c1ccccc1. The van der Waals surface area contributed by atoms with Crippen LogP contribution in [0.15, 0.2) is 47.5 Å². The van der Waals surface area contributed by atoms with Crippen molar-refractivity contribution in [2.75, 3.05) is 6.54 Å². The number of ketones is 1. The fourth-order valence-electron chi connectivity index (χ4n) is 1.80. The van der Waals surface area contributed by atoms with Gasteiger partial charge < -0.3 is 0 Å². The minimum Gasteiger partial charge on any atom is -0.299 e. The van der Waals surface area contributed by atoms with Crippen molar-refractivity contribution in [2.45, 2.75) is 17.7 Å². The molecule has 1 aromatic rings. The summed E-state index contributed by atoms with van der Waals surface area (Å²) in [5, 5.41) is 0. The fourth-order valence-corrected chi connectivity index (χ4v) is 3.29. The van der Waals surface area contributed by atoms with E-state index in [0.29, 0.717) is 5.70 Å². The number of hydrogen-bond acceptors (Lipinski definition) is 3. The van der Waals surface area contributed by atoms with Crippen molar-refractivity contribution >= 4 is 15.8 Å². The Morgan fingerprint density at radius 3 is 2.41 bits per heavy atom. The molecule has 1 heterocycles. The molecule has 0 unspecified atom stereocenters. The third-order valence-corrected chi connectivity index (χ3v) is 4.57. The van der Waals surface area contributed by atoms with Crippen molar-refractivity contribution in [2.24, 2.45) is 0 Å². The number of hydrogen-bond donors (Lipinski definition) is 0. The summed E-state index contributed by atoms with van der Waals surface area (Å²) >= 11 is 0. The number of carbonyl (C=O) groups excluding carboxylic acids is 1. The molecule has 0 atom stereocenters. The smallest absolute Gasteiger partial charge is 0.264 e. The van der Waals surface area contributed by atoms with E-state index in [-0.39, 0.29) is 30.1 Å². The summed E-state index contributed by atoms with van der Waals surface area (Å²) in [6.07, 6.45) is 0.372. The van der Waals surface area contributed by atoms with Crippen LogP contribution in [0.1, 0.15) is 12.8 Å². The highest BCUT2D eigenvalue weighted by Gasteiger charge is 2.29. The Hall–Kier alpha value is -1.62. The highest BCUT2D eigenvalue weighted by Crippen LogP contribution is 2.24. The zero-order chi connectivity index (χ0) is 12.5. The molecular formula is C12H13NO3S. The van der Waals surface area contributed by atoms with Gasteiger partial charge in [0, 0.05) is 25.1 Å². The van der Waals surface area contributed by atoms with E-state index in [0.717, 1.165) is 0 Å². The average molecular weight is 251 g/mol. The number of allylic oxidation sites excluding steroid dienone is 1. The second-order valence-corrected chi connectivity index (χ2v) is 5.78. The lowest BCUT2D eigenvalue weighted by Gasteiger charge is -2.29. The number of rotatable bonds is 2. The van der Waals surface area contributed by atoms with Crippen LogP contribution in [0.4, 0.5) is 0 Å². The standard InChI is InChI=1S/C12H13NO3S/c1-10-9-11(14)7-8-13(10)17(15,16)12-5-3-2-4-6-12/h2-6H,1,7-9H2. The Kier molecular flexibility index (Phi) is 3.02. The van der Waals surface area contributed by atoms with Crippen LogP contribution in [0.3, 0.4) is 0 Å². The molecule has 0 radical (unpaired) electrons. The monoisotopic (exact) mass is 251 g/mol.